The maximum atomic E-state index is 5.08. The van der Waals surface area contributed by atoms with Crippen molar-refractivity contribution in [2.45, 2.75) is 0 Å². The molecule has 63 heavy (non-hydrogen) atoms. The van der Waals surface area contributed by atoms with Crippen LogP contribution in [0.15, 0.2) is 213 Å². The summed E-state index contributed by atoms with van der Waals surface area (Å²) in [4.78, 5) is 11.5. The largest absolute Gasteiger partial charge is 0.256 e. The van der Waals surface area contributed by atoms with Crippen molar-refractivity contribution in [2.24, 2.45) is 0 Å². The Hall–Kier alpha value is -8.54. The van der Waals surface area contributed by atoms with Crippen molar-refractivity contribution in [2.75, 3.05) is 0 Å². The molecular formula is C58H35N5. The Balaban J connectivity index is 0.909. The highest BCUT2D eigenvalue weighted by Gasteiger charge is 2.20. The van der Waals surface area contributed by atoms with Crippen LogP contribution in [0.1, 0.15) is 0 Å². The zero-order chi connectivity index (χ0) is 41.4. The molecule has 13 rings (SSSR count). The van der Waals surface area contributed by atoms with Crippen LogP contribution in [0.25, 0.3) is 126 Å². The molecule has 0 bridgehead atoms. The molecule has 0 aliphatic carbocycles. The van der Waals surface area contributed by atoms with E-state index in [1.54, 1.807) is 4.80 Å². The monoisotopic (exact) mass is 801 g/mol. The molecule has 0 atom stereocenters. The summed E-state index contributed by atoms with van der Waals surface area (Å²) < 4.78 is 0. The third kappa shape index (κ3) is 5.64. The summed E-state index contributed by atoms with van der Waals surface area (Å²) in [7, 11) is 0. The molecule has 5 heteroatoms. The van der Waals surface area contributed by atoms with Gasteiger partial charge >= 0.3 is 0 Å². The molecule has 292 valence electrons. The first kappa shape index (κ1) is 35.2. The molecule has 0 fully saturated rings. The maximum absolute atomic E-state index is 5.08. The van der Waals surface area contributed by atoms with Crippen molar-refractivity contribution in [3.63, 3.8) is 0 Å². The van der Waals surface area contributed by atoms with Crippen LogP contribution in [0.5, 0.6) is 0 Å². The summed E-state index contributed by atoms with van der Waals surface area (Å²) in [6.45, 7) is 0. The maximum Gasteiger partial charge on any atom is 0.114 e. The first-order chi connectivity index (χ1) is 31.2. The second-order valence-electron chi connectivity index (χ2n) is 16.3. The molecular weight excluding hydrogens is 767 g/mol. The van der Waals surface area contributed by atoms with Crippen molar-refractivity contribution in [3.8, 4) is 50.2 Å². The van der Waals surface area contributed by atoms with Gasteiger partial charge < -0.3 is 0 Å². The standard InChI is InChI=1S/C58H35N5/c1-11-23-51-37(13-1)31-40(34-59-51)57-47-19-7-3-15-43(47)55(44-16-4-8-20-48(44)57)36-25-28-42(29-26-36)63-61-53-30-27-39(33-54(53)62-63)56-45-17-5-9-21-49(45)58(50-22-10-6-18-46(50)56)41-32-38-14-2-12-24-52(38)60-35-41/h1-35H. The number of nitrogens with zero attached hydrogens (tertiary/aromatic N) is 5. The van der Waals surface area contributed by atoms with E-state index in [1.807, 2.05) is 24.5 Å². The van der Waals surface area contributed by atoms with Gasteiger partial charge in [0.15, 0.2) is 0 Å². The number of aromatic nitrogens is 5. The van der Waals surface area contributed by atoms with Crippen LogP contribution in [0.3, 0.4) is 0 Å². The quantitative estimate of drug-likeness (QED) is 0.163. The average Bonchev–Trinajstić information content (AvgIpc) is 3.78. The first-order valence-corrected chi connectivity index (χ1v) is 21.3. The van der Waals surface area contributed by atoms with Gasteiger partial charge in [0.1, 0.15) is 11.0 Å². The van der Waals surface area contributed by atoms with Crippen molar-refractivity contribution in [3.05, 3.63) is 213 Å². The Morgan fingerprint density at radius 3 is 1.10 bits per heavy atom. The number of fused-ring (bicyclic) bond motifs is 7. The topological polar surface area (TPSA) is 56.5 Å². The number of hydrogen-bond acceptors (Lipinski definition) is 4. The summed E-state index contributed by atoms with van der Waals surface area (Å²) in [6, 6.07) is 71.2. The van der Waals surface area contributed by atoms with Gasteiger partial charge in [0.05, 0.1) is 16.7 Å². The van der Waals surface area contributed by atoms with Crippen molar-refractivity contribution in [1.82, 2.24) is 25.0 Å². The lowest BCUT2D eigenvalue weighted by atomic mass is 9.86. The lowest BCUT2D eigenvalue weighted by Gasteiger charge is -2.18. The minimum atomic E-state index is 0.836. The van der Waals surface area contributed by atoms with Gasteiger partial charge in [0.25, 0.3) is 0 Å². The van der Waals surface area contributed by atoms with Crippen LogP contribution in [0.4, 0.5) is 0 Å². The Labute approximate surface area is 362 Å². The van der Waals surface area contributed by atoms with Crippen LogP contribution in [0, 0.1) is 0 Å². The molecule has 0 radical (unpaired) electrons. The van der Waals surface area contributed by atoms with Gasteiger partial charge in [-0.15, -0.1) is 10.2 Å². The number of para-hydroxylation sites is 2. The van der Waals surface area contributed by atoms with Gasteiger partial charge in [-0.25, -0.2) is 0 Å². The third-order valence-corrected chi connectivity index (χ3v) is 12.7. The molecule has 3 aromatic heterocycles. The molecule has 0 N–H and O–H groups in total. The molecule has 0 saturated heterocycles. The van der Waals surface area contributed by atoms with Crippen molar-refractivity contribution in [1.29, 1.82) is 0 Å². The average molecular weight is 802 g/mol. The van der Waals surface area contributed by atoms with Gasteiger partial charge in [-0.05, 0) is 125 Å². The third-order valence-electron chi connectivity index (χ3n) is 12.7. The Bertz CT molecular complexity index is 3860. The fourth-order valence-electron chi connectivity index (χ4n) is 9.86. The predicted octanol–water partition coefficient (Wildman–Crippen LogP) is 14.8. The van der Waals surface area contributed by atoms with E-state index in [0.717, 1.165) is 60.8 Å². The van der Waals surface area contributed by atoms with E-state index in [-0.39, 0.29) is 0 Å². The summed E-state index contributed by atoms with van der Waals surface area (Å²) in [5, 5.41) is 21.9. The molecule has 10 aromatic carbocycles. The summed E-state index contributed by atoms with van der Waals surface area (Å²) in [6.07, 6.45) is 4.03. The highest BCUT2D eigenvalue weighted by molar-refractivity contribution is 6.23. The Kier molecular flexibility index (Phi) is 7.84. The molecule has 0 spiro atoms. The Morgan fingerprint density at radius 2 is 0.635 bits per heavy atom. The minimum Gasteiger partial charge on any atom is -0.256 e. The van der Waals surface area contributed by atoms with Gasteiger partial charge in [0.2, 0.25) is 0 Å². The Morgan fingerprint density at radius 1 is 0.270 bits per heavy atom. The SMILES string of the molecule is c1ccc2ncc(-c3c4ccccc4c(-c4ccc(-n5nc6ccc(-c7c8ccccc8c(-c8cnc9ccccc9c8)c8ccccc78)cc6n5)cc4)c4ccccc34)cc2c1. The smallest absolute Gasteiger partial charge is 0.114 e. The van der Waals surface area contributed by atoms with E-state index >= 15 is 0 Å². The number of hydrogen-bond donors (Lipinski definition) is 0. The summed E-state index contributed by atoms with van der Waals surface area (Å²) in [5.41, 5.74) is 13.8. The lowest BCUT2D eigenvalue weighted by molar-refractivity contribution is 0.766. The van der Waals surface area contributed by atoms with Gasteiger partial charge in [-0.2, -0.15) is 4.80 Å². The minimum absolute atomic E-state index is 0.836. The highest BCUT2D eigenvalue weighted by atomic mass is 15.5. The molecule has 0 saturated carbocycles. The van der Waals surface area contributed by atoms with E-state index in [2.05, 4.69) is 188 Å². The zero-order valence-electron chi connectivity index (χ0n) is 33.9. The fourth-order valence-corrected chi connectivity index (χ4v) is 9.86. The molecule has 5 nitrogen and oxygen atoms in total. The van der Waals surface area contributed by atoms with Crippen LogP contribution in [-0.4, -0.2) is 25.0 Å². The first-order valence-electron chi connectivity index (χ1n) is 21.3. The van der Waals surface area contributed by atoms with Crippen LogP contribution in [-0.2, 0) is 0 Å². The van der Waals surface area contributed by atoms with E-state index in [9.17, 15) is 0 Å². The number of pyridine rings is 2. The normalized spacial score (nSPS) is 11.8. The number of benzene rings is 10. The van der Waals surface area contributed by atoms with E-state index in [1.165, 1.54) is 65.3 Å². The van der Waals surface area contributed by atoms with Crippen molar-refractivity contribution < 1.29 is 0 Å². The summed E-state index contributed by atoms with van der Waals surface area (Å²) >= 11 is 0. The van der Waals surface area contributed by atoms with Crippen LogP contribution >= 0.6 is 0 Å². The highest BCUT2D eigenvalue weighted by Crippen LogP contribution is 2.46. The predicted molar refractivity (Wildman–Crippen MR) is 261 cm³/mol. The van der Waals surface area contributed by atoms with E-state index < -0.39 is 0 Å². The molecule has 3 heterocycles. The molecule has 0 aliphatic heterocycles. The lowest BCUT2D eigenvalue weighted by Crippen LogP contribution is -1.98. The van der Waals surface area contributed by atoms with Crippen LogP contribution in [0.2, 0.25) is 0 Å². The zero-order valence-corrected chi connectivity index (χ0v) is 33.9. The molecule has 0 unspecified atom stereocenters. The van der Waals surface area contributed by atoms with Crippen molar-refractivity contribution >= 4 is 75.9 Å². The second-order valence-corrected chi connectivity index (χ2v) is 16.3. The fraction of sp³-hybridized carbons (Fsp3) is 0. The van der Waals surface area contributed by atoms with E-state index in [4.69, 9.17) is 20.2 Å². The molecule has 0 aliphatic rings. The summed E-state index contributed by atoms with van der Waals surface area (Å²) in [5.74, 6) is 0. The van der Waals surface area contributed by atoms with Gasteiger partial charge in [-0.1, -0.05) is 152 Å². The van der Waals surface area contributed by atoms with Crippen LogP contribution < -0.4 is 0 Å². The number of rotatable bonds is 5. The van der Waals surface area contributed by atoms with E-state index in [0.29, 0.717) is 0 Å². The molecule has 13 aromatic rings. The van der Waals surface area contributed by atoms with Gasteiger partial charge in [0, 0.05) is 34.3 Å². The molecule has 0 amide bonds. The second kappa shape index (κ2) is 14.0. The van der Waals surface area contributed by atoms with Gasteiger partial charge in [-0.3, -0.25) is 9.97 Å².